The molecule has 0 spiro atoms. The average molecular weight is 947 g/mol. The number of ether oxygens (including phenoxy) is 14. The van der Waals surface area contributed by atoms with Crippen LogP contribution in [0.15, 0.2) is 30.3 Å². The quantitative estimate of drug-likeness (QED) is 0.141. The van der Waals surface area contributed by atoms with Crippen molar-refractivity contribution < 1.29 is 109 Å². The van der Waals surface area contributed by atoms with E-state index in [1.54, 1.807) is 6.07 Å². The smallest absolute Gasteiger partial charge is 0.308 e. The Bertz CT molecular complexity index is 2250. The maximum atomic E-state index is 13.8. The van der Waals surface area contributed by atoms with Crippen LogP contribution in [-0.4, -0.2) is 129 Å². The molecule has 2 aromatic rings. The summed E-state index contributed by atoms with van der Waals surface area (Å²) < 4.78 is 80.0. The van der Waals surface area contributed by atoms with Gasteiger partial charge in [0.2, 0.25) is 12.4 Å². The minimum atomic E-state index is -1.81. The van der Waals surface area contributed by atoms with E-state index in [1.165, 1.54) is 39.2 Å². The monoisotopic (exact) mass is 946 g/mol. The van der Waals surface area contributed by atoms with Crippen LogP contribution in [0.25, 0.3) is 0 Å². The van der Waals surface area contributed by atoms with Gasteiger partial charge < -0.3 is 66.3 Å². The fraction of sp³-hybridized carbons (Fsp3) is 0.523. The molecule has 3 aliphatic rings. The maximum absolute atomic E-state index is 13.8. The van der Waals surface area contributed by atoms with Gasteiger partial charge in [-0.15, -0.1) is 0 Å². The van der Waals surface area contributed by atoms with Gasteiger partial charge >= 0.3 is 47.8 Å². The summed E-state index contributed by atoms with van der Waals surface area (Å²) in [5, 5.41) is 0. The first-order valence-corrected chi connectivity index (χ1v) is 20.6. The lowest BCUT2D eigenvalue weighted by Gasteiger charge is -2.46. The highest BCUT2D eigenvalue weighted by Crippen LogP contribution is 2.45. The number of carbonyl (C=O) groups excluding carboxylic acids is 9. The maximum Gasteiger partial charge on any atom is 0.308 e. The summed E-state index contributed by atoms with van der Waals surface area (Å²) in [6, 6.07) is 6.95. The number of Topliss-reactive ketones (excluding diaryl/α,β-unsaturated/α-hetero) is 1. The minimum Gasteiger partial charge on any atom is -0.493 e. The van der Waals surface area contributed by atoms with Crippen LogP contribution < -0.4 is 23.7 Å². The summed E-state index contributed by atoms with van der Waals surface area (Å²) in [6.45, 7) is 9.39. The molecule has 3 heterocycles. The van der Waals surface area contributed by atoms with Crippen LogP contribution in [0.5, 0.6) is 28.7 Å². The van der Waals surface area contributed by atoms with E-state index in [0.29, 0.717) is 5.56 Å². The molecule has 0 aliphatic carbocycles. The van der Waals surface area contributed by atoms with E-state index in [2.05, 4.69) is 0 Å². The van der Waals surface area contributed by atoms with Crippen LogP contribution in [0, 0.1) is 0 Å². The molecular weight excluding hydrogens is 896 g/mol. The fourth-order valence-corrected chi connectivity index (χ4v) is 7.53. The lowest BCUT2D eigenvalue weighted by molar-refractivity contribution is -0.323. The van der Waals surface area contributed by atoms with Gasteiger partial charge in [0.25, 0.3) is 0 Å². The van der Waals surface area contributed by atoms with Crippen molar-refractivity contribution in [2.24, 2.45) is 0 Å². The summed E-state index contributed by atoms with van der Waals surface area (Å²) in [5.41, 5.74) is 0.249. The van der Waals surface area contributed by atoms with Crippen LogP contribution in [-0.2, 0) is 81.0 Å². The van der Waals surface area contributed by atoms with E-state index in [4.69, 9.17) is 66.3 Å². The number of methoxy groups -OCH3 is 1. The van der Waals surface area contributed by atoms with E-state index in [-0.39, 0.29) is 40.7 Å². The van der Waals surface area contributed by atoms with E-state index >= 15 is 0 Å². The lowest BCUT2D eigenvalue weighted by atomic mass is 9.95. The molecule has 67 heavy (non-hydrogen) atoms. The largest absolute Gasteiger partial charge is 0.493 e. The summed E-state index contributed by atoms with van der Waals surface area (Å²) >= 11 is 0. The molecule has 2 aromatic carbocycles. The van der Waals surface area contributed by atoms with Crippen LogP contribution in [0.2, 0.25) is 0 Å². The predicted molar refractivity (Wildman–Crippen MR) is 217 cm³/mol. The van der Waals surface area contributed by atoms with Gasteiger partial charge in [-0.1, -0.05) is 6.07 Å². The summed E-state index contributed by atoms with van der Waals surface area (Å²) in [6.07, 6.45) is -16.6. The number of hydrogen-bond donors (Lipinski definition) is 0. The van der Waals surface area contributed by atoms with Gasteiger partial charge in [0.15, 0.2) is 54.1 Å². The molecule has 2 fully saturated rings. The first-order chi connectivity index (χ1) is 31.5. The van der Waals surface area contributed by atoms with Gasteiger partial charge in [-0.2, -0.15) is 0 Å². The second-order valence-electron chi connectivity index (χ2n) is 15.3. The van der Waals surface area contributed by atoms with Gasteiger partial charge in [0.05, 0.1) is 26.2 Å². The Kier molecular flexibility index (Phi) is 16.9. The zero-order chi connectivity index (χ0) is 49.4. The van der Waals surface area contributed by atoms with Crippen LogP contribution in [0.3, 0.4) is 0 Å². The molecule has 0 amide bonds. The number of fused-ring (bicyclic) bond motifs is 1. The zero-order valence-electron chi connectivity index (χ0n) is 38.0. The average Bonchev–Trinajstić information content (AvgIpc) is 3.20. The van der Waals surface area contributed by atoms with E-state index in [9.17, 15) is 43.2 Å². The standard InChI is InChI=1S/C44H50O23/c1-18-37(59-21(4)47)39(61-23(6)49)41(63-25(8)51)43(56-18)55-17-35-38(60-22(5)48)40(62-24(7)50)42(64-26(9)52)44(67-35)65-28-14-33(58-20(3)46)36-29(53)16-31(66-34(36)15-28)27-11-12-30(54-10)32(13-27)57-19(2)45/h11-15,18,31,35,37-44H,16-17H2,1-10H3/t18-,31-,35+,37-,38+,39+,40-,41+,42+,43+,44+/m0/s1. The number of carbonyl (C=O) groups is 9. The predicted octanol–water partition coefficient (Wildman–Crippen LogP) is 2.71. The molecule has 0 unspecified atom stereocenters. The Labute approximate surface area is 382 Å². The summed E-state index contributed by atoms with van der Waals surface area (Å²) in [4.78, 5) is 113. The van der Waals surface area contributed by atoms with Crippen LogP contribution in [0.4, 0.5) is 0 Å². The zero-order valence-corrected chi connectivity index (χ0v) is 38.0. The van der Waals surface area contributed by atoms with Crippen molar-refractivity contribution in [3.05, 3.63) is 41.5 Å². The Balaban J connectivity index is 1.56. The van der Waals surface area contributed by atoms with Gasteiger partial charge in [0.1, 0.15) is 35.0 Å². The number of hydrogen-bond acceptors (Lipinski definition) is 23. The molecule has 11 atom stereocenters. The van der Waals surface area contributed by atoms with E-state index in [0.717, 1.165) is 54.5 Å². The highest BCUT2D eigenvalue weighted by molar-refractivity contribution is 6.03. The van der Waals surface area contributed by atoms with Gasteiger partial charge in [-0.25, -0.2) is 0 Å². The molecule has 364 valence electrons. The molecule has 23 heteroatoms. The molecule has 0 aromatic heterocycles. The first kappa shape index (κ1) is 51.1. The second-order valence-corrected chi connectivity index (χ2v) is 15.3. The molecule has 3 aliphatic heterocycles. The number of benzene rings is 2. The normalized spacial score (nSPS) is 26.5. The van der Waals surface area contributed by atoms with Crippen LogP contribution in [0.1, 0.15) is 90.8 Å². The van der Waals surface area contributed by atoms with Crippen molar-refractivity contribution in [2.45, 2.75) is 136 Å². The Hall–Kier alpha value is -6.85. The topological polar surface area (TPSA) is 283 Å². The summed E-state index contributed by atoms with van der Waals surface area (Å²) in [7, 11) is 1.37. The number of ketones is 1. The molecule has 0 saturated carbocycles. The third-order valence-electron chi connectivity index (χ3n) is 9.83. The van der Waals surface area contributed by atoms with Crippen molar-refractivity contribution in [1.82, 2.24) is 0 Å². The summed E-state index contributed by atoms with van der Waals surface area (Å²) in [5.74, 6) is -7.66. The second kappa shape index (κ2) is 22.1. The van der Waals surface area contributed by atoms with Crippen molar-refractivity contribution in [2.75, 3.05) is 13.7 Å². The molecule has 0 bridgehead atoms. The van der Waals surface area contributed by atoms with Crippen LogP contribution >= 0.6 is 0 Å². The first-order valence-electron chi connectivity index (χ1n) is 20.6. The molecule has 2 saturated heterocycles. The number of rotatable bonds is 15. The van der Waals surface area contributed by atoms with E-state index in [1.807, 2.05) is 0 Å². The van der Waals surface area contributed by atoms with Gasteiger partial charge in [-0.05, 0) is 24.6 Å². The third-order valence-corrected chi connectivity index (χ3v) is 9.83. The Morgan fingerprint density at radius 2 is 1.07 bits per heavy atom. The van der Waals surface area contributed by atoms with Gasteiger partial charge in [0, 0.05) is 67.5 Å². The van der Waals surface area contributed by atoms with Crippen molar-refractivity contribution in [1.29, 1.82) is 0 Å². The molecule has 0 radical (unpaired) electrons. The fourth-order valence-electron chi connectivity index (χ4n) is 7.53. The van der Waals surface area contributed by atoms with E-state index < -0.39 is 128 Å². The lowest BCUT2D eigenvalue weighted by Crippen LogP contribution is -2.64. The van der Waals surface area contributed by atoms with Crippen molar-refractivity contribution in [3.8, 4) is 28.7 Å². The van der Waals surface area contributed by atoms with Crippen molar-refractivity contribution >= 4 is 53.5 Å². The SMILES string of the molecule is COc1ccc([C@@H]2CC(=O)c3c(OC(C)=O)cc(O[C@@H]4O[C@H](CO[C@@H]5O[C@@H](C)[C@H](OC(C)=O)[C@@H](OC(C)=O)[C@H]5OC(C)=O)[C@@H](OC(C)=O)[C@H](OC(C)=O)[C@H]4OC(C)=O)cc3O2)cc1OC(C)=O. The minimum absolute atomic E-state index is 0.0489. The number of esters is 8. The highest BCUT2D eigenvalue weighted by atomic mass is 16.8. The Morgan fingerprint density at radius 3 is 1.63 bits per heavy atom. The molecule has 0 N–H and O–H groups in total. The van der Waals surface area contributed by atoms with Crippen molar-refractivity contribution in [3.63, 3.8) is 0 Å². The van der Waals surface area contributed by atoms with Gasteiger partial charge in [-0.3, -0.25) is 43.2 Å². The molecule has 5 rings (SSSR count). The Morgan fingerprint density at radius 1 is 0.567 bits per heavy atom. The highest BCUT2D eigenvalue weighted by Gasteiger charge is 2.55. The third kappa shape index (κ3) is 13.2. The molecule has 23 nitrogen and oxygen atoms in total. The molecular formula is C44H50O23.